The summed E-state index contributed by atoms with van der Waals surface area (Å²) >= 11 is 0. The first-order valence-corrected chi connectivity index (χ1v) is 12.3. The van der Waals surface area contributed by atoms with Crippen LogP contribution in [0.15, 0.2) is 35.6 Å². The van der Waals surface area contributed by atoms with Gasteiger partial charge in [0.05, 0.1) is 0 Å². The number of nitrogens with one attached hydrogen (secondary N) is 1. The second-order valence-electron chi connectivity index (χ2n) is 7.97. The van der Waals surface area contributed by atoms with Gasteiger partial charge in [-0.3, -0.25) is 0 Å². The molecule has 0 bridgehead atoms. The highest BCUT2D eigenvalue weighted by atomic mass is 32.2. The molecule has 2 aliphatic heterocycles. The number of anilines is 2. The third-order valence-electron chi connectivity index (χ3n) is 5.93. The van der Waals surface area contributed by atoms with Gasteiger partial charge in [-0.1, -0.05) is 13.3 Å². The number of sulfonamides is 1. The maximum Gasteiger partial charge on any atom is 0.244 e. The normalized spacial score (nSPS) is 19.0. The van der Waals surface area contributed by atoms with Crippen LogP contribution in [0.5, 0.6) is 0 Å². The fraction of sp³-hybridized carbons (Fsp3) is 0.571. The zero-order valence-electron chi connectivity index (χ0n) is 17.5. The third-order valence-corrected chi connectivity index (χ3v) is 7.81. The topological polar surface area (TPSA) is 91.3 Å². The van der Waals surface area contributed by atoms with Crippen molar-refractivity contribution in [2.45, 2.75) is 56.4 Å². The molecule has 0 spiro atoms. The van der Waals surface area contributed by atoms with Gasteiger partial charge in [0, 0.05) is 50.2 Å². The van der Waals surface area contributed by atoms with Gasteiger partial charge in [-0.15, -0.1) is 0 Å². The number of piperidine rings is 2. The van der Waals surface area contributed by atoms with Crippen molar-refractivity contribution in [2.75, 3.05) is 36.4 Å². The van der Waals surface area contributed by atoms with Crippen molar-refractivity contribution >= 4 is 21.7 Å². The van der Waals surface area contributed by atoms with Crippen LogP contribution in [0.3, 0.4) is 0 Å². The van der Waals surface area contributed by atoms with E-state index in [0.717, 1.165) is 68.9 Å². The molecule has 0 aliphatic carbocycles. The first-order chi connectivity index (χ1) is 14.6. The van der Waals surface area contributed by atoms with E-state index in [-0.39, 0.29) is 4.90 Å². The van der Waals surface area contributed by atoms with Crippen LogP contribution in [0.2, 0.25) is 0 Å². The minimum absolute atomic E-state index is 0.278. The number of rotatable bonds is 6. The monoisotopic (exact) mass is 430 g/mol. The van der Waals surface area contributed by atoms with Gasteiger partial charge < -0.3 is 10.2 Å². The molecule has 2 saturated heterocycles. The van der Waals surface area contributed by atoms with Crippen LogP contribution in [0, 0.1) is 0 Å². The average molecular weight is 431 g/mol. The highest BCUT2D eigenvalue weighted by molar-refractivity contribution is 7.89. The second-order valence-corrected chi connectivity index (χ2v) is 9.91. The molecule has 30 heavy (non-hydrogen) atoms. The number of aromatic nitrogens is 3. The third kappa shape index (κ3) is 4.73. The van der Waals surface area contributed by atoms with Crippen molar-refractivity contribution in [1.82, 2.24) is 19.3 Å². The second kappa shape index (κ2) is 9.26. The Balaban J connectivity index is 1.33. The van der Waals surface area contributed by atoms with Crippen LogP contribution in [0.4, 0.5) is 11.6 Å². The molecule has 0 aromatic carbocycles. The molecule has 2 aromatic heterocycles. The maximum atomic E-state index is 12.8. The summed E-state index contributed by atoms with van der Waals surface area (Å²) in [7, 11) is -3.43. The summed E-state index contributed by atoms with van der Waals surface area (Å²) < 4.78 is 27.1. The van der Waals surface area contributed by atoms with E-state index in [4.69, 9.17) is 0 Å². The summed E-state index contributed by atoms with van der Waals surface area (Å²) in [5.74, 6) is 1.71. The van der Waals surface area contributed by atoms with Crippen LogP contribution in [0.25, 0.3) is 0 Å². The fourth-order valence-electron chi connectivity index (χ4n) is 4.09. The van der Waals surface area contributed by atoms with Crippen molar-refractivity contribution in [1.29, 1.82) is 0 Å². The van der Waals surface area contributed by atoms with Crippen molar-refractivity contribution in [3.63, 3.8) is 0 Å². The number of aryl methyl sites for hydroxylation is 1. The fourth-order valence-corrected chi connectivity index (χ4v) is 5.55. The molecule has 1 N–H and O–H groups in total. The Morgan fingerprint density at radius 3 is 2.47 bits per heavy atom. The first kappa shape index (κ1) is 21.0. The van der Waals surface area contributed by atoms with Crippen molar-refractivity contribution in [3.8, 4) is 0 Å². The lowest BCUT2D eigenvalue weighted by Gasteiger charge is -2.33. The molecular weight excluding hydrogens is 400 g/mol. The Morgan fingerprint density at radius 1 is 1.03 bits per heavy atom. The number of pyridine rings is 1. The van der Waals surface area contributed by atoms with E-state index in [0.29, 0.717) is 19.1 Å². The predicted octanol–water partition coefficient (Wildman–Crippen LogP) is 2.69. The summed E-state index contributed by atoms with van der Waals surface area (Å²) in [6, 6.07) is 5.82. The predicted molar refractivity (Wildman–Crippen MR) is 117 cm³/mol. The zero-order valence-corrected chi connectivity index (χ0v) is 18.3. The molecule has 4 heterocycles. The summed E-state index contributed by atoms with van der Waals surface area (Å²) in [6.07, 6.45) is 8.93. The van der Waals surface area contributed by atoms with Crippen LogP contribution < -0.4 is 10.2 Å². The quantitative estimate of drug-likeness (QED) is 0.753. The molecule has 0 saturated carbocycles. The lowest BCUT2D eigenvalue weighted by molar-refractivity contribution is 0.346. The molecule has 162 valence electrons. The Labute approximate surface area is 178 Å². The molecule has 0 atom stereocenters. The molecule has 2 aromatic rings. The van der Waals surface area contributed by atoms with Gasteiger partial charge in [0.25, 0.3) is 0 Å². The Kier molecular flexibility index (Phi) is 6.48. The van der Waals surface area contributed by atoms with Crippen LogP contribution >= 0.6 is 0 Å². The minimum atomic E-state index is -3.43. The van der Waals surface area contributed by atoms with Gasteiger partial charge >= 0.3 is 0 Å². The van der Waals surface area contributed by atoms with E-state index in [9.17, 15) is 8.42 Å². The highest BCUT2D eigenvalue weighted by Crippen LogP contribution is 2.23. The van der Waals surface area contributed by atoms with Crippen molar-refractivity contribution in [2.24, 2.45) is 0 Å². The number of hydrogen-bond donors (Lipinski definition) is 1. The van der Waals surface area contributed by atoms with Gasteiger partial charge in [0.15, 0.2) is 0 Å². The van der Waals surface area contributed by atoms with Gasteiger partial charge in [-0.05, 0) is 44.2 Å². The SMILES string of the molecule is CCc1cc(N2CCC(Nc3ccc(S(=O)(=O)N4CCCCC4)cn3)CC2)ncn1. The largest absolute Gasteiger partial charge is 0.367 e. The number of nitrogens with zero attached hydrogens (tertiary/aromatic N) is 5. The van der Waals surface area contributed by atoms with Crippen LogP contribution in [0.1, 0.15) is 44.7 Å². The lowest BCUT2D eigenvalue weighted by Crippen LogP contribution is -2.39. The van der Waals surface area contributed by atoms with Gasteiger partial charge in [0.2, 0.25) is 10.0 Å². The average Bonchev–Trinajstić information content (AvgIpc) is 2.80. The molecule has 0 unspecified atom stereocenters. The first-order valence-electron chi connectivity index (χ1n) is 10.8. The minimum Gasteiger partial charge on any atom is -0.367 e. The lowest BCUT2D eigenvalue weighted by atomic mass is 10.0. The van der Waals surface area contributed by atoms with Crippen molar-refractivity contribution < 1.29 is 8.42 Å². The Hall–Kier alpha value is -2.26. The van der Waals surface area contributed by atoms with Gasteiger partial charge in [0.1, 0.15) is 22.9 Å². The van der Waals surface area contributed by atoms with Crippen LogP contribution in [-0.4, -0.2) is 59.9 Å². The number of hydrogen-bond acceptors (Lipinski definition) is 7. The summed E-state index contributed by atoms with van der Waals surface area (Å²) in [5, 5.41) is 3.45. The van der Waals surface area contributed by atoms with Gasteiger partial charge in [-0.25, -0.2) is 23.4 Å². The Morgan fingerprint density at radius 2 is 1.80 bits per heavy atom. The molecular formula is C21H30N6O2S. The molecule has 2 aliphatic rings. The van der Waals surface area contributed by atoms with Crippen LogP contribution in [-0.2, 0) is 16.4 Å². The molecule has 0 amide bonds. The van der Waals surface area contributed by atoms with E-state index >= 15 is 0 Å². The van der Waals surface area contributed by atoms with Crippen molar-refractivity contribution in [3.05, 3.63) is 36.4 Å². The van der Waals surface area contributed by atoms with E-state index in [1.54, 1.807) is 22.8 Å². The van der Waals surface area contributed by atoms with E-state index in [1.807, 2.05) is 0 Å². The summed E-state index contributed by atoms with van der Waals surface area (Å²) in [4.78, 5) is 15.6. The molecule has 8 nitrogen and oxygen atoms in total. The Bertz CT molecular complexity index is 936. The van der Waals surface area contributed by atoms with E-state index < -0.39 is 10.0 Å². The smallest absolute Gasteiger partial charge is 0.244 e. The molecule has 9 heteroatoms. The molecule has 2 fully saturated rings. The van der Waals surface area contributed by atoms with Gasteiger partial charge in [-0.2, -0.15) is 4.31 Å². The van der Waals surface area contributed by atoms with E-state index in [1.165, 1.54) is 6.20 Å². The zero-order chi connectivity index (χ0) is 21.0. The standard InChI is InChI=1S/C21H30N6O2S/c1-2-17-14-21(24-16-23-17)26-12-8-18(9-13-26)25-20-7-6-19(15-22-20)30(28,29)27-10-4-3-5-11-27/h6-7,14-16,18H,2-5,8-13H2,1H3,(H,22,25). The highest BCUT2D eigenvalue weighted by Gasteiger charge is 2.26. The summed E-state index contributed by atoms with van der Waals surface area (Å²) in [6.45, 7) is 5.14. The van der Waals surface area contributed by atoms with E-state index in [2.05, 4.69) is 38.2 Å². The molecule has 0 radical (unpaired) electrons. The summed E-state index contributed by atoms with van der Waals surface area (Å²) in [5.41, 5.74) is 1.06. The molecule has 4 rings (SSSR count). The maximum absolute atomic E-state index is 12.8.